The molecule has 0 atom stereocenters. The number of hydrogen-bond acceptors (Lipinski definition) is 1. The van der Waals surface area contributed by atoms with Crippen LogP contribution < -0.4 is 5.32 Å². The van der Waals surface area contributed by atoms with Crippen molar-refractivity contribution in [3.8, 4) is 11.1 Å². The van der Waals surface area contributed by atoms with Gasteiger partial charge in [0.1, 0.15) is 11.6 Å². The maximum Gasteiger partial charge on any atom is 0.131 e. The van der Waals surface area contributed by atoms with Gasteiger partial charge in [-0.1, -0.05) is 17.7 Å². The number of nitrogens with one attached hydrogen (secondary N) is 1. The zero-order valence-electron chi connectivity index (χ0n) is 11.4. The van der Waals surface area contributed by atoms with Crippen molar-refractivity contribution in [1.29, 1.82) is 0 Å². The van der Waals surface area contributed by atoms with E-state index in [4.69, 9.17) is 0 Å². The minimum absolute atomic E-state index is 0.241. The Morgan fingerprint density at radius 3 is 2.55 bits per heavy atom. The van der Waals surface area contributed by atoms with E-state index in [1.54, 1.807) is 24.3 Å². The Balaban J connectivity index is 1.92. The summed E-state index contributed by atoms with van der Waals surface area (Å²) in [6, 6.07) is 10.3. The van der Waals surface area contributed by atoms with Crippen LogP contribution in [0.3, 0.4) is 0 Å². The molecule has 1 aliphatic carbocycles. The van der Waals surface area contributed by atoms with Crippen LogP contribution >= 0.6 is 0 Å². The van der Waals surface area contributed by atoms with Gasteiger partial charge in [0.05, 0.1) is 0 Å². The van der Waals surface area contributed by atoms with Gasteiger partial charge in [-0.3, -0.25) is 0 Å². The average molecular weight is 273 g/mol. The third-order valence-corrected chi connectivity index (χ3v) is 3.64. The Hall–Kier alpha value is -1.74. The Bertz CT molecular complexity index is 633. The van der Waals surface area contributed by atoms with Crippen molar-refractivity contribution < 1.29 is 8.78 Å². The zero-order chi connectivity index (χ0) is 14.1. The molecule has 104 valence electrons. The van der Waals surface area contributed by atoms with Crippen molar-refractivity contribution >= 4 is 0 Å². The third kappa shape index (κ3) is 2.88. The van der Waals surface area contributed by atoms with Crippen LogP contribution in [0.25, 0.3) is 11.1 Å². The van der Waals surface area contributed by atoms with E-state index in [2.05, 4.69) is 5.32 Å². The van der Waals surface area contributed by atoms with Gasteiger partial charge in [0.15, 0.2) is 0 Å². The highest BCUT2D eigenvalue weighted by Crippen LogP contribution is 2.26. The molecule has 0 radical (unpaired) electrons. The minimum atomic E-state index is -0.275. The summed E-state index contributed by atoms with van der Waals surface area (Å²) in [5.74, 6) is -0.515. The largest absolute Gasteiger partial charge is 0.310 e. The summed E-state index contributed by atoms with van der Waals surface area (Å²) >= 11 is 0. The van der Waals surface area contributed by atoms with E-state index in [1.165, 1.54) is 12.1 Å². The average Bonchev–Trinajstić information content (AvgIpc) is 3.25. The Kier molecular flexibility index (Phi) is 3.53. The molecule has 2 aromatic carbocycles. The first-order valence-corrected chi connectivity index (χ1v) is 6.92. The first kappa shape index (κ1) is 13.3. The molecular formula is C17H17F2N. The minimum Gasteiger partial charge on any atom is -0.310 e. The predicted octanol–water partition coefficient (Wildman–Crippen LogP) is 4.19. The van der Waals surface area contributed by atoms with Crippen molar-refractivity contribution in [2.24, 2.45) is 0 Å². The van der Waals surface area contributed by atoms with Gasteiger partial charge in [-0.15, -0.1) is 0 Å². The summed E-state index contributed by atoms with van der Waals surface area (Å²) in [6.07, 6.45) is 2.32. The van der Waals surface area contributed by atoms with E-state index >= 15 is 0 Å². The molecule has 0 bridgehead atoms. The Labute approximate surface area is 117 Å². The van der Waals surface area contributed by atoms with Crippen molar-refractivity contribution in [3.63, 3.8) is 0 Å². The summed E-state index contributed by atoms with van der Waals surface area (Å²) in [4.78, 5) is 0. The van der Waals surface area contributed by atoms with Crippen LogP contribution in [0.5, 0.6) is 0 Å². The molecule has 1 nitrogen and oxygen atoms in total. The van der Waals surface area contributed by atoms with E-state index in [9.17, 15) is 8.78 Å². The summed E-state index contributed by atoms with van der Waals surface area (Å²) in [5.41, 5.74) is 2.83. The first-order chi connectivity index (χ1) is 9.63. The fourth-order valence-corrected chi connectivity index (χ4v) is 2.28. The highest BCUT2D eigenvalue weighted by Gasteiger charge is 2.20. The standard InChI is InChI=1S/C17H17F2N/c1-11-2-6-17(19)15(8-11)12-3-7-16(18)13(9-12)10-20-14-4-5-14/h2-3,6-9,14,20H,4-5,10H2,1H3. The first-order valence-electron chi connectivity index (χ1n) is 6.92. The molecule has 1 aliphatic rings. The Morgan fingerprint density at radius 2 is 1.80 bits per heavy atom. The summed E-state index contributed by atoms with van der Waals surface area (Å²) in [5, 5.41) is 3.28. The van der Waals surface area contributed by atoms with Gasteiger partial charge in [0.2, 0.25) is 0 Å². The smallest absolute Gasteiger partial charge is 0.131 e. The Morgan fingerprint density at radius 1 is 1.05 bits per heavy atom. The van der Waals surface area contributed by atoms with Crippen LogP contribution in [0.15, 0.2) is 36.4 Å². The number of halogens is 2. The van der Waals surface area contributed by atoms with Crippen molar-refractivity contribution in [3.05, 3.63) is 59.2 Å². The molecule has 0 aromatic heterocycles. The molecule has 0 heterocycles. The topological polar surface area (TPSA) is 12.0 Å². The van der Waals surface area contributed by atoms with Crippen molar-refractivity contribution in [1.82, 2.24) is 5.32 Å². The van der Waals surface area contributed by atoms with E-state index in [1.807, 2.05) is 6.92 Å². The predicted molar refractivity (Wildman–Crippen MR) is 76.4 cm³/mol. The molecule has 0 unspecified atom stereocenters. The summed E-state index contributed by atoms with van der Waals surface area (Å²) in [6.45, 7) is 2.42. The lowest BCUT2D eigenvalue weighted by Crippen LogP contribution is -2.16. The van der Waals surface area contributed by atoms with E-state index in [-0.39, 0.29) is 11.6 Å². The lowest BCUT2D eigenvalue weighted by Gasteiger charge is -2.09. The molecule has 3 heteroatoms. The van der Waals surface area contributed by atoms with Crippen LogP contribution in [0.4, 0.5) is 8.78 Å². The van der Waals surface area contributed by atoms with Crippen LogP contribution in [-0.4, -0.2) is 6.04 Å². The summed E-state index contributed by atoms with van der Waals surface area (Å²) in [7, 11) is 0. The number of hydrogen-bond donors (Lipinski definition) is 1. The highest BCUT2D eigenvalue weighted by molar-refractivity contribution is 5.65. The van der Waals surface area contributed by atoms with Crippen LogP contribution in [0.1, 0.15) is 24.0 Å². The molecule has 0 saturated heterocycles. The summed E-state index contributed by atoms with van der Waals surface area (Å²) < 4.78 is 27.7. The van der Waals surface area contributed by atoms with Gasteiger partial charge in [0, 0.05) is 23.7 Å². The zero-order valence-corrected chi connectivity index (χ0v) is 11.4. The quantitative estimate of drug-likeness (QED) is 0.880. The lowest BCUT2D eigenvalue weighted by molar-refractivity contribution is 0.587. The maximum atomic E-state index is 13.9. The molecule has 2 aromatic rings. The normalized spacial score (nSPS) is 14.6. The SMILES string of the molecule is Cc1ccc(F)c(-c2ccc(F)c(CNC3CC3)c2)c1. The fraction of sp³-hybridized carbons (Fsp3) is 0.294. The van der Waals surface area contributed by atoms with Crippen LogP contribution in [-0.2, 0) is 6.54 Å². The molecular weight excluding hydrogens is 256 g/mol. The van der Waals surface area contributed by atoms with Gasteiger partial charge in [-0.05, 0) is 49.6 Å². The molecule has 20 heavy (non-hydrogen) atoms. The highest BCUT2D eigenvalue weighted by atomic mass is 19.1. The lowest BCUT2D eigenvalue weighted by atomic mass is 10.0. The van der Waals surface area contributed by atoms with E-state index in [0.29, 0.717) is 23.7 Å². The maximum absolute atomic E-state index is 13.9. The van der Waals surface area contributed by atoms with E-state index < -0.39 is 0 Å². The molecule has 1 saturated carbocycles. The molecule has 0 amide bonds. The number of aryl methyl sites for hydroxylation is 1. The second kappa shape index (κ2) is 5.33. The van der Waals surface area contributed by atoms with Crippen LogP contribution in [0, 0.1) is 18.6 Å². The van der Waals surface area contributed by atoms with Crippen molar-refractivity contribution in [2.45, 2.75) is 32.4 Å². The second-order valence-electron chi connectivity index (χ2n) is 5.44. The second-order valence-corrected chi connectivity index (χ2v) is 5.44. The van der Waals surface area contributed by atoms with Crippen molar-refractivity contribution in [2.75, 3.05) is 0 Å². The third-order valence-electron chi connectivity index (χ3n) is 3.64. The molecule has 1 fully saturated rings. The van der Waals surface area contributed by atoms with E-state index in [0.717, 1.165) is 24.0 Å². The molecule has 1 N–H and O–H groups in total. The van der Waals surface area contributed by atoms with Crippen LogP contribution in [0.2, 0.25) is 0 Å². The molecule has 0 aliphatic heterocycles. The number of benzene rings is 2. The van der Waals surface area contributed by atoms with Gasteiger partial charge in [-0.25, -0.2) is 8.78 Å². The fourth-order valence-electron chi connectivity index (χ4n) is 2.28. The van der Waals surface area contributed by atoms with Gasteiger partial charge in [-0.2, -0.15) is 0 Å². The van der Waals surface area contributed by atoms with Gasteiger partial charge < -0.3 is 5.32 Å². The monoisotopic (exact) mass is 273 g/mol. The van der Waals surface area contributed by atoms with Gasteiger partial charge >= 0.3 is 0 Å². The van der Waals surface area contributed by atoms with Gasteiger partial charge in [0.25, 0.3) is 0 Å². The number of rotatable bonds is 4. The molecule has 3 rings (SSSR count). The molecule has 0 spiro atoms.